The molecule has 0 N–H and O–H groups in total. The van der Waals surface area contributed by atoms with Crippen LogP contribution in [-0.4, -0.2) is 38.7 Å². The van der Waals surface area contributed by atoms with Gasteiger partial charge in [-0.1, -0.05) is 6.42 Å². The molecule has 4 aliphatic rings. The Morgan fingerprint density at radius 2 is 1.72 bits per heavy atom. The highest BCUT2D eigenvalue weighted by Crippen LogP contribution is 2.53. The van der Waals surface area contributed by atoms with E-state index in [0.717, 1.165) is 38.8 Å². The molecule has 25 heavy (non-hydrogen) atoms. The molecule has 1 aromatic rings. The monoisotopic (exact) mass is 342 g/mol. The summed E-state index contributed by atoms with van der Waals surface area (Å²) in [6.07, 6.45) is 15.7. The smallest absolute Gasteiger partial charge is 0.225 e. The first-order valence-electron chi connectivity index (χ1n) is 10.4. The van der Waals surface area contributed by atoms with Gasteiger partial charge in [-0.15, -0.1) is 10.2 Å². The number of rotatable bonds is 3. The fraction of sp³-hybridized carbons (Fsp3) is 0.850. The van der Waals surface area contributed by atoms with Gasteiger partial charge in [0.1, 0.15) is 12.2 Å². The number of carbonyl (C=O) groups excluding carboxylic acids is 1. The number of aromatic nitrogens is 3. The van der Waals surface area contributed by atoms with E-state index in [2.05, 4.69) is 19.7 Å². The van der Waals surface area contributed by atoms with Crippen LogP contribution in [0.4, 0.5) is 0 Å². The molecule has 0 aromatic carbocycles. The van der Waals surface area contributed by atoms with Gasteiger partial charge in [0.25, 0.3) is 0 Å². The van der Waals surface area contributed by atoms with E-state index < -0.39 is 0 Å². The lowest BCUT2D eigenvalue weighted by Crippen LogP contribution is -2.44. The summed E-state index contributed by atoms with van der Waals surface area (Å²) < 4.78 is 2.29. The van der Waals surface area contributed by atoms with Gasteiger partial charge >= 0.3 is 0 Å². The van der Waals surface area contributed by atoms with Gasteiger partial charge in [-0.05, 0) is 69.6 Å². The van der Waals surface area contributed by atoms with E-state index >= 15 is 0 Å². The van der Waals surface area contributed by atoms with Crippen molar-refractivity contribution in [1.29, 1.82) is 0 Å². The Labute approximate surface area is 150 Å². The highest BCUT2D eigenvalue weighted by Gasteiger charge is 2.42. The first-order valence-corrected chi connectivity index (χ1v) is 10.4. The Morgan fingerprint density at radius 1 is 1.00 bits per heavy atom. The maximum atomic E-state index is 12.9. The molecule has 1 aliphatic heterocycles. The zero-order valence-electron chi connectivity index (χ0n) is 15.2. The molecule has 0 bridgehead atoms. The zero-order chi connectivity index (χ0) is 16.9. The average Bonchev–Trinajstić information content (AvgIpc) is 3.37. The number of carbonyl (C=O) groups is 1. The van der Waals surface area contributed by atoms with Crippen LogP contribution in [0.1, 0.15) is 88.4 Å². The van der Waals surface area contributed by atoms with Crippen LogP contribution in [0.5, 0.6) is 0 Å². The predicted molar refractivity (Wildman–Crippen MR) is 95.1 cm³/mol. The lowest BCUT2D eigenvalue weighted by atomic mass is 9.59. The van der Waals surface area contributed by atoms with Crippen LogP contribution in [0.15, 0.2) is 6.33 Å². The van der Waals surface area contributed by atoms with Gasteiger partial charge in [0.2, 0.25) is 5.91 Å². The molecule has 1 saturated heterocycles. The molecule has 0 unspecified atom stereocenters. The third kappa shape index (κ3) is 2.89. The van der Waals surface area contributed by atoms with Crippen LogP contribution in [0.3, 0.4) is 0 Å². The normalized spacial score (nSPS) is 27.4. The first-order chi connectivity index (χ1) is 12.2. The lowest BCUT2D eigenvalue weighted by molar-refractivity contribution is -0.139. The van der Waals surface area contributed by atoms with Crippen molar-refractivity contribution in [2.24, 2.45) is 11.3 Å². The second-order valence-electron chi connectivity index (χ2n) is 9.05. The van der Waals surface area contributed by atoms with Crippen molar-refractivity contribution in [3.8, 4) is 0 Å². The molecule has 2 heterocycles. The van der Waals surface area contributed by atoms with Crippen LogP contribution in [0, 0.1) is 11.3 Å². The highest BCUT2D eigenvalue weighted by molar-refractivity contribution is 5.79. The molecule has 3 saturated carbocycles. The van der Waals surface area contributed by atoms with Crippen molar-refractivity contribution in [3.05, 3.63) is 12.2 Å². The second kappa shape index (κ2) is 6.10. The summed E-state index contributed by atoms with van der Waals surface area (Å²) >= 11 is 0. The third-order valence-electron chi connectivity index (χ3n) is 7.52. The summed E-state index contributed by atoms with van der Waals surface area (Å²) in [4.78, 5) is 15.1. The summed E-state index contributed by atoms with van der Waals surface area (Å²) in [5.74, 6) is 2.39. The lowest BCUT2D eigenvalue weighted by Gasteiger charge is -2.47. The number of amides is 1. The van der Waals surface area contributed by atoms with Crippen LogP contribution in [-0.2, 0) is 4.79 Å². The second-order valence-corrected chi connectivity index (χ2v) is 9.05. The minimum atomic E-state index is 0.304. The average molecular weight is 342 g/mol. The summed E-state index contributed by atoms with van der Waals surface area (Å²) in [6.45, 7) is 1.81. The first kappa shape index (κ1) is 15.8. The van der Waals surface area contributed by atoms with Crippen molar-refractivity contribution in [2.45, 2.75) is 82.6 Å². The van der Waals surface area contributed by atoms with Gasteiger partial charge in [0.05, 0.1) is 0 Å². The molecule has 136 valence electrons. The van der Waals surface area contributed by atoms with Crippen molar-refractivity contribution in [3.63, 3.8) is 0 Å². The number of piperidine rings is 1. The molecule has 5 nitrogen and oxygen atoms in total. The Bertz CT molecular complexity index is 628. The van der Waals surface area contributed by atoms with Gasteiger partial charge in [-0.2, -0.15) is 0 Å². The minimum absolute atomic E-state index is 0.304. The van der Waals surface area contributed by atoms with E-state index in [1.54, 1.807) is 0 Å². The summed E-state index contributed by atoms with van der Waals surface area (Å²) in [7, 11) is 0. The van der Waals surface area contributed by atoms with Crippen molar-refractivity contribution in [1.82, 2.24) is 19.7 Å². The van der Waals surface area contributed by atoms with Gasteiger partial charge in [0, 0.05) is 31.0 Å². The molecule has 1 spiro atoms. The van der Waals surface area contributed by atoms with Crippen molar-refractivity contribution < 1.29 is 4.79 Å². The highest BCUT2D eigenvalue weighted by atomic mass is 16.2. The van der Waals surface area contributed by atoms with E-state index in [4.69, 9.17) is 0 Å². The predicted octanol–water partition coefficient (Wildman–Crippen LogP) is 3.68. The van der Waals surface area contributed by atoms with E-state index in [-0.39, 0.29) is 0 Å². The largest absolute Gasteiger partial charge is 0.342 e. The van der Waals surface area contributed by atoms with E-state index in [1.807, 2.05) is 6.33 Å². The Morgan fingerprint density at radius 3 is 2.32 bits per heavy atom. The fourth-order valence-electron chi connectivity index (χ4n) is 5.45. The summed E-state index contributed by atoms with van der Waals surface area (Å²) in [5, 5.41) is 8.55. The van der Waals surface area contributed by atoms with Crippen LogP contribution in [0.2, 0.25) is 0 Å². The SMILES string of the molecule is O=C(C1CCC2(CCC2)CC1)N1CCC(c2nncn2C2CC2)CC1. The molecular formula is C20H30N4O. The van der Waals surface area contributed by atoms with Gasteiger partial charge in [-0.25, -0.2) is 0 Å². The van der Waals surface area contributed by atoms with E-state index in [0.29, 0.717) is 29.2 Å². The summed E-state index contributed by atoms with van der Waals surface area (Å²) in [6, 6.07) is 0.644. The third-order valence-corrected chi connectivity index (χ3v) is 7.52. The Balaban J connectivity index is 1.16. The van der Waals surface area contributed by atoms with Gasteiger partial charge in [0.15, 0.2) is 0 Å². The summed E-state index contributed by atoms with van der Waals surface area (Å²) in [5.41, 5.74) is 0.649. The molecular weight excluding hydrogens is 312 g/mol. The maximum Gasteiger partial charge on any atom is 0.225 e. The number of likely N-dealkylation sites (tertiary alicyclic amines) is 1. The molecule has 1 amide bonds. The van der Waals surface area contributed by atoms with Crippen LogP contribution < -0.4 is 0 Å². The Hall–Kier alpha value is -1.39. The zero-order valence-corrected chi connectivity index (χ0v) is 15.2. The van der Waals surface area contributed by atoms with E-state index in [9.17, 15) is 4.79 Å². The van der Waals surface area contributed by atoms with E-state index in [1.165, 1.54) is 50.8 Å². The molecule has 0 atom stereocenters. The molecule has 3 aliphatic carbocycles. The number of hydrogen-bond acceptors (Lipinski definition) is 3. The van der Waals surface area contributed by atoms with Crippen LogP contribution >= 0.6 is 0 Å². The molecule has 1 aromatic heterocycles. The van der Waals surface area contributed by atoms with Crippen molar-refractivity contribution in [2.75, 3.05) is 13.1 Å². The van der Waals surface area contributed by atoms with Crippen LogP contribution in [0.25, 0.3) is 0 Å². The maximum absolute atomic E-state index is 12.9. The molecule has 5 heteroatoms. The van der Waals surface area contributed by atoms with Gasteiger partial charge in [-0.3, -0.25) is 4.79 Å². The number of nitrogens with zero attached hydrogens (tertiary/aromatic N) is 4. The molecule has 5 rings (SSSR count). The topological polar surface area (TPSA) is 51.0 Å². The quantitative estimate of drug-likeness (QED) is 0.842. The standard InChI is InChI=1S/C20H30N4O/c25-19(16-4-10-20(11-5-16)8-1-9-20)23-12-6-15(7-13-23)18-22-21-14-24(18)17-2-3-17/h14-17H,1-13H2. The molecule has 4 fully saturated rings. The Kier molecular flexibility index (Phi) is 3.86. The minimum Gasteiger partial charge on any atom is -0.342 e. The van der Waals surface area contributed by atoms with Gasteiger partial charge < -0.3 is 9.47 Å². The fourth-order valence-corrected chi connectivity index (χ4v) is 5.45. The number of hydrogen-bond donors (Lipinski definition) is 0. The molecule has 0 radical (unpaired) electrons. The van der Waals surface area contributed by atoms with Crippen molar-refractivity contribution >= 4 is 5.91 Å².